The average Bonchev–Trinajstić information content (AvgIpc) is 3.13. The van der Waals surface area contributed by atoms with E-state index in [9.17, 15) is 0 Å². The van der Waals surface area contributed by atoms with E-state index >= 15 is 0 Å². The second-order valence-electron chi connectivity index (χ2n) is 11.7. The zero-order valence-corrected chi connectivity index (χ0v) is 27.8. The summed E-state index contributed by atoms with van der Waals surface area (Å²) in [6, 6.07) is 62.4. The zero-order chi connectivity index (χ0) is 31.0. The number of allylic oxidation sites excluding steroid dienone is 2. The van der Waals surface area contributed by atoms with E-state index in [4.69, 9.17) is 0 Å². The summed E-state index contributed by atoms with van der Waals surface area (Å²) in [6.07, 6.45) is 9.73. The molecule has 1 aliphatic rings. The monoisotopic (exact) mass is 628 g/mol. The first kappa shape index (κ1) is 30.3. The molecule has 224 valence electrons. The normalized spacial score (nSPS) is 15.1. The van der Waals surface area contributed by atoms with Gasteiger partial charge in [-0.2, -0.15) is 0 Å². The highest BCUT2D eigenvalue weighted by Gasteiger charge is 2.22. The Hall–Kier alpha value is -4.34. The summed E-state index contributed by atoms with van der Waals surface area (Å²) in [5, 5.41) is 8.39. The van der Waals surface area contributed by atoms with Crippen molar-refractivity contribution in [1.29, 1.82) is 0 Å². The second-order valence-corrected chi connectivity index (χ2v) is 16.0. The van der Waals surface area contributed by atoms with Crippen LogP contribution in [-0.2, 0) is 0 Å². The molecule has 7 rings (SSSR count). The molecule has 46 heavy (non-hydrogen) atoms. The molecule has 1 saturated carbocycles. The summed E-state index contributed by atoms with van der Waals surface area (Å²) < 4.78 is 0. The Morgan fingerprint density at radius 2 is 0.609 bits per heavy atom. The Balaban J connectivity index is 1.32. The van der Waals surface area contributed by atoms with Crippen molar-refractivity contribution in [2.75, 3.05) is 0 Å². The van der Waals surface area contributed by atoms with Crippen LogP contribution in [0.2, 0.25) is 0 Å². The topological polar surface area (TPSA) is 0 Å². The predicted molar refractivity (Wildman–Crippen MR) is 205 cm³/mol. The minimum absolute atomic E-state index is 0.683. The molecule has 0 atom stereocenters. The van der Waals surface area contributed by atoms with Gasteiger partial charge in [0.05, 0.1) is 0 Å². The molecule has 1 aliphatic carbocycles. The fraction of sp³-hybridized carbons (Fsp3) is 0.0909. The van der Waals surface area contributed by atoms with E-state index < -0.39 is 15.8 Å². The smallest absolute Gasteiger partial charge is 0.00785 e. The molecule has 6 aromatic carbocycles. The van der Waals surface area contributed by atoms with E-state index in [1.165, 1.54) is 66.9 Å². The molecule has 0 unspecified atom stereocenters. The van der Waals surface area contributed by atoms with Crippen molar-refractivity contribution in [3.05, 3.63) is 192 Å². The van der Waals surface area contributed by atoms with Gasteiger partial charge in [-0.15, -0.1) is 0 Å². The van der Waals surface area contributed by atoms with Crippen molar-refractivity contribution < 1.29 is 0 Å². The van der Waals surface area contributed by atoms with E-state index in [0.717, 1.165) is 12.8 Å². The van der Waals surface area contributed by atoms with Crippen LogP contribution < -0.4 is 31.8 Å². The minimum atomic E-state index is -0.683. The molecule has 0 bridgehead atoms. The van der Waals surface area contributed by atoms with Crippen molar-refractivity contribution in [2.45, 2.75) is 25.7 Å². The van der Waals surface area contributed by atoms with Gasteiger partial charge < -0.3 is 0 Å². The van der Waals surface area contributed by atoms with Crippen molar-refractivity contribution in [2.24, 2.45) is 0 Å². The van der Waals surface area contributed by atoms with Crippen LogP contribution in [-0.4, -0.2) is 0 Å². The summed E-state index contributed by atoms with van der Waals surface area (Å²) in [5.41, 5.74) is 5.64. The fourth-order valence-corrected chi connectivity index (χ4v) is 11.3. The first-order valence-corrected chi connectivity index (χ1v) is 18.9. The van der Waals surface area contributed by atoms with Gasteiger partial charge in [0.15, 0.2) is 0 Å². The third kappa shape index (κ3) is 6.90. The van der Waals surface area contributed by atoms with Crippen LogP contribution in [0, 0.1) is 0 Å². The molecule has 0 amide bonds. The second kappa shape index (κ2) is 14.8. The molecule has 6 aromatic rings. The summed E-state index contributed by atoms with van der Waals surface area (Å²) in [6.45, 7) is 0. The number of rotatable bonds is 8. The maximum atomic E-state index is 2.52. The molecule has 2 heteroatoms. The fourth-order valence-electron chi connectivity index (χ4n) is 6.45. The van der Waals surface area contributed by atoms with Gasteiger partial charge in [0.25, 0.3) is 0 Å². The molecule has 0 heterocycles. The van der Waals surface area contributed by atoms with Gasteiger partial charge >= 0.3 is 0 Å². The maximum Gasteiger partial charge on any atom is -0.00785 e. The van der Waals surface area contributed by atoms with E-state index in [-0.39, 0.29) is 0 Å². The Bertz CT molecular complexity index is 1700. The highest BCUT2D eigenvalue weighted by Crippen LogP contribution is 2.39. The number of hydrogen-bond acceptors (Lipinski definition) is 0. The summed E-state index contributed by atoms with van der Waals surface area (Å²) in [5.74, 6) is 0. The van der Waals surface area contributed by atoms with E-state index in [1.54, 1.807) is 0 Å². The third-order valence-electron chi connectivity index (χ3n) is 8.63. The first-order valence-electron chi connectivity index (χ1n) is 16.3. The largest absolute Gasteiger partial charge is 0.0622 e. The standard InChI is InChI=1S/C44H38P2/c1-5-23-39(24-6-1)45(40-25-7-2-8-26-40)43-31-17-15-21-37(43)33-35-19-13-14-20-36(35)34-38-22-16-18-32-44(38)46(41-27-9-3-10-28-41)42-29-11-4-12-30-42/h1-12,15-18,21-34H,13-14,19-20H2/b35-33-,36-34+. The molecule has 0 saturated heterocycles. The minimum Gasteiger partial charge on any atom is -0.0622 e. The molecular weight excluding hydrogens is 590 g/mol. The Morgan fingerprint density at radius 3 is 0.935 bits per heavy atom. The highest BCUT2D eigenvalue weighted by molar-refractivity contribution is 7.80. The molecule has 0 nitrogen and oxygen atoms in total. The first-order chi connectivity index (χ1) is 22.8. The van der Waals surface area contributed by atoms with Gasteiger partial charge in [-0.25, -0.2) is 0 Å². The van der Waals surface area contributed by atoms with Crippen LogP contribution in [0.3, 0.4) is 0 Å². The molecule has 0 aliphatic heterocycles. The Morgan fingerprint density at radius 1 is 0.326 bits per heavy atom. The van der Waals surface area contributed by atoms with Crippen LogP contribution in [0.4, 0.5) is 0 Å². The quantitative estimate of drug-likeness (QED) is 0.148. The lowest BCUT2D eigenvalue weighted by Crippen LogP contribution is -2.22. The van der Waals surface area contributed by atoms with Gasteiger partial charge in [-0.1, -0.05) is 182 Å². The maximum absolute atomic E-state index is 2.52. The van der Waals surface area contributed by atoms with Gasteiger partial charge in [-0.05, 0) is 95.6 Å². The molecule has 0 N–H and O–H groups in total. The Kier molecular flexibility index (Phi) is 9.78. The number of hydrogen-bond donors (Lipinski definition) is 0. The van der Waals surface area contributed by atoms with Crippen molar-refractivity contribution in [3.63, 3.8) is 0 Å². The molecule has 0 spiro atoms. The van der Waals surface area contributed by atoms with Crippen LogP contribution >= 0.6 is 15.8 Å². The molecule has 1 fully saturated rings. The zero-order valence-electron chi connectivity index (χ0n) is 26.0. The van der Waals surface area contributed by atoms with Crippen LogP contribution in [0.1, 0.15) is 36.8 Å². The molecule has 0 aromatic heterocycles. The lowest BCUT2D eigenvalue weighted by atomic mass is 9.87. The van der Waals surface area contributed by atoms with E-state index in [0.29, 0.717) is 0 Å². The van der Waals surface area contributed by atoms with Crippen LogP contribution in [0.25, 0.3) is 12.2 Å². The van der Waals surface area contributed by atoms with Crippen molar-refractivity contribution in [3.8, 4) is 0 Å². The lowest BCUT2D eigenvalue weighted by Gasteiger charge is -2.24. The van der Waals surface area contributed by atoms with Gasteiger partial charge in [-0.3, -0.25) is 0 Å². The molecule has 0 radical (unpaired) electrons. The molecular formula is C44H38P2. The lowest BCUT2D eigenvalue weighted by molar-refractivity contribution is 0.685. The third-order valence-corrected chi connectivity index (χ3v) is 13.7. The van der Waals surface area contributed by atoms with Crippen LogP contribution in [0.5, 0.6) is 0 Å². The van der Waals surface area contributed by atoms with E-state index in [1.807, 2.05) is 0 Å². The predicted octanol–water partition coefficient (Wildman–Crippen LogP) is 9.24. The number of benzene rings is 6. The van der Waals surface area contributed by atoms with E-state index in [2.05, 4.69) is 182 Å². The van der Waals surface area contributed by atoms with Crippen LogP contribution in [0.15, 0.2) is 181 Å². The SMILES string of the molecule is C(=C1\CCCC\C1=C/c1ccccc1P(c1ccccc1)c1ccccc1)/c1ccccc1P(c1ccccc1)c1ccccc1. The Labute approximate surface area is 276 Å². The summed E-state index contributed by atoms with van der Waals surface area (Å²) in [7, 11) is -1.37. The highest BCUT2D eigenvalue weighted by atomic mass is 31.1. The van der Waals surface area contributed by atoms with Crippen molar-refractivity contribution >= 4 is 59.8 Å². The van der Waals surface area contributed by atoms with Gasteiger partial charge in [0.2, 0.25) is 0 Å². The summed E-state index contributed by atoms with van der Waals surface area (Å²) >= 11 is 0. The average molecular weight is 629 g/mol. The van der Waals surface area contributed by atoms with Crippen molar-refractivity contribution in [1.82, 2.24) is 0 Å². The van der Waals surface area contributed by atoms with Gasteiger partial charge in [0, 0.05) is 0 Å². The van der Waals surface area contributed by atoms with Gasteiger partial charge in [0.1, 0.15) is 0 Å². The summed E-state index contributed by atoms with van der Waals surface area (Å²) in [4.78, 5) is 0.